The van der Waals surface area contributed by atoms with Gasteiger partial charge in [0.15, 0.2) is 10.9 Å². The number of epoxide rings is 1. The van der Waals surface area contributed by atoms with Crippen LogP contribution in [0.1, 0.15) is 63.7 Å². The number of carbonyl (C=O) groups excluding carboxylic acids is 1. The lowest BCUT2D eigenvalue weighted by Crippen LogP contribution is -2.26. The van der Waals surface area contributed by atoms with Crippen molar-refractivity contribution in [1.29, 1.82) is 0 Å². The van der Waals surface area contributed by atoms with Crippen LogP contribution in [0.15, 0.2) is 45.3 Å². The van der Waals surface area contributed by atoms with Gasteiger partial charge in [0, 0.05) is 18.3 Å². The Labute approximate surface area is 225 Å². The lowest BCUT2D eigenvalue weighted by atomic mass is 9.94. The Hall–Kier alpha value is -2.60. The number of unbranched alkanes of at least 4 members (excludes halogenated alkanes) is 2. The third-order valence-electron chi connectivity index (χ3n) is 5.77. The lowest BCUT2D eigenvalue weighted by Gasteiger charge is -2.14. The molecule has 11 heteroatoms. The second kappa shape index (κ2) is 12.3. The molecule has 0 radical (unpaired) electrons. The third-order valence-corrected chi connectivity index (χ3v) is 7.86. The fourth-order valence-corrected chi connectivity index (χ4v) is 5.44. The van der Waals surface area contributed by atoms with Crippen molar-refractivity contribution < 1.29 is 23.9 Å². The molecule has 2 aromatic heterocycles. The van der Waals surface area contributed by atoms with E-state index in [1.807, 2.05) is 30.6 Å². The Balaban J connectivity index is 1.22. The van der Waals surface area contributed by atoms with Gasteiger partial charge in [0.05, 0.1) is 35.6 Å². The Morgan fingerprint density at radius 1 is 1.24 bits per heavy atom. The smallest absolute Gasteiger partial charge is 0.243 e. The van der Waals surface area contributed by atoms with Gasteiger partial charge in [-0.3, -0.25) is 10.0 Å². The summed E-state index contributed by atoms with van der Waals surface area (Å²) < 4.78 is 18.7. The molecule has 37 heavy (non-hydrogen) atoms. The fraction of sp³-hybridized carbons (Fsp3) is 0.500. The van der Waals surface area contributed by atoms with Gasteiger partial charge in [-0.25, -0.2) is 15.4 Å². The SMILES string of the molecule is CC(C)(C)c1cnc(CSc2cnc(NC3(Cc4cccc(OCCCCCC(=O)NO)c4)CO3)s2)o1. The second-order valence-electron chi connectivity index (χ2n) is 10.1. The summed E-state index contributed by atoms with van der Waals surface area (Å²) in [5, 5.41) is 12.8. The Bertz CT molecular complexity index is 1170. The van der Waals surface area contributed by atoms with Crippen molar-refractivity contribution >= 4 is 34.1 Å². The van der Waals surface area contributed by atoms with Crippen LogP contribution in [0.5, 0.6) is 5.75 Å². The number of nitrogens with zero attached hydrogens (tertiary/aromatic N) is 2. The van der Waals surface area contributed by atoms with E-state index < -0.39 is 5.72 Å². The van der Waals surface area contributed by atoms with Gasteiger partial charge in [0.2, 0.25) is 11.8 Å². The quantitative estimate of drug-likeness (QED) is 0.0785. The number of amides is 1. The van der Waals surface area contributed by atoms with Gasteiger partial charge in [-0.2, -0.15) is 0 Å². The molecule has 4 rings (SSSR count). The first kappa shape index (κ1) is 27.4. The molecule has 1 atom stereocenters. The molecule has 0 saturated carbocycles. The average molecular weight is 547 g/mol. The van der Waals surface area contributed by atoms with Crippen molar-refractivity contribution in [3.63, 3.8) is 0 Å². The van der Waals surface area contributed by atoms with Crippen LogP contribution in [-0.2, 0) is 27.1 Å². The number of oxazole rings is 1. The molecule has 0 aliphatic carbocycles. The van der Waals surface area contributed by atoms with Crippen molar-refractivity contribution in [2.75, 3.05) is 18.5 Å². The molecule has 1 unspecified atom stereocenters. The van der Waals surface area contributed by atoms with E-state index in [4.69, 9.17) is 19.1 Å². The van der Waals surface area contributed by atoms with E-state index in [-0.39, 0.29) is 11.3 Å². The third kappa shape index (κ3) is 8.46. The summed E-state index contributed by atoms with van der Waals surface area (Å²) in [6.45, 7) is 7.52. The van der Waals surface area contributed by atoms with Gasteiger partial charge in [-0.15, -0.1) is 11.8 Å². The van der Waals surface area contributed by atoms with E-state index in [1.165, 1.54) is 0 Å². The number of benzene rings is 1. The highest BCUT2D eigenvalue weighted by Crippen LogP contribution is 2.37. The molecule has 3 N–H and O–H groups in total. The highest BCUT2D eigenvalue weighted by molar-refractivity contribution is 8.00. The Morgan fingerprint density at radius 3 is 2.81 bits per heavy atom. The minimum atomic E-state index is -0.449. The van der Waals surface area contributed by atoms with Crippen molar-refractivity contribution in [2.24, 2.45) is 0 Å². The number of hydrogen-bond acceptors (Lipinski definition) is 10. The Morgan fingerprint density at radius 2 is 2.08 bits per heavy atom. The van der Waals surface area contributed by atoms with Crippen LogP contribution in [0, 0.1) is 0 Å². The molecule has 200 valence electrons. The van der Waals surface area contributed by atoms with Gasteiger partial charge >= 0.3 is 0 Å². The fourth-order valence-electron chi connectivity index (χ4n) is 3.63. The summed E-state index contributed by atoms with van der Waals surface area (Å²) in [6, 6.07) is 8.03. The van der Waals surface area contributed by atoms with Gasteiger partial charge < -0.3 is 19.2 Å². The van der Waals surface area contributed by atoms with Crippen LogP contribution in [0.4, 0.5) is 5.13 Å². The highest BCUT2D eigenvalue weighted by Gasteiger charge is 2.45. The van der Waals surface area contributed by atoms with E-state index in [0.717, 1.165) is 51.6 Å². The molecule has 1 aliphatic heterocycles. The normalized spacial score (nSPS) is 17.0. The van der Waals surface area contributed by atoms with Crippen molar-refractivity contribution in [1.82, 2.24) is 15.4 Å². The molecule has 1 aliphatic rings. The monoisotopic (exact) mass is 546 g/mol. The van der Waals surface area contributed by atoms with Crippen LogP contribution in [0.2, 0.25) is 0 Å². The number of rotatable bonds is 14. The van der Waals surface area contributed by atoms with Crippen LogP contribution < -0.4 is 15.5 Å². The first-order valence-corrected chi connectivity index (χ1v) is 14.2. The minimum Gasteiger partial charge on any atom is -0.494 e. The van der Waals surface area contributed by atoms with Gasteiger partial charge in [-0.05, 0) is 37.0 Å². The van der Waals surface area contributed by atoms with Gasteiger partial charge in [-0.1, -0.05) is 44.2 Å². The average Bonchev–Trinajstić information content (AvgIpc) is 3.23. The number of thioether (sulfide) groups is 1. The standard InChI is InChI=1S/C26H34N4O5S2/c1-25(2,3)20-14-27-22(35-20)16-36-23-15-28-24(37-23)29-26(17-34-26)13-18-8-7-9-19(12-18)33-11-6-4-5-10-21(31)30-32/h7-9,12,14-15,32H,4-6,10-11,13,16-17H2,1-3H3,(H,28,29)(H,30,31). The lowest BCUT2D eigenvalue weighted by molar-refractivity contribution is -0.129. The van der Waals surface area contributed by atoms with E-state index in [2.05, 4.69) is 42.1 Å². The topological polar surface area (TPSA) is 122 Å². The number of thiazole rings is 1. The molecule has 0 bridgehead atoms. The number of anilines is 1. The van der Waals surface area contributed by atoms with Crippen molar-refractivity contribution in [2.45, 2.75) is 74.0 Å². The van der Waals surface area contributed by atoms with Gasteiger partial charge in [0.25, 0.3) is 0 Å². The summed E-state index contributed by atoms with van der Waals surface area (Å²) in [5.41, 5.74) is 2.27. The zero-order valence-corrected chi connectivity index (χ0v) is 23.0. The van der Waals surface area contributed by atoms with E-state index in [1.54, 1.807) is 28.6 Å². The van der Waals surface area contributed by atoms with Crippen molar-refractivity contribution in [3.05, 3.63) is 53.9 Å². The molecular formula is C26H34N4O5S2. The number of ether oxygens (including phenoxy) is 2. The summed E-state index contributed by atoms with van der Waals surface area (Å²) in [6.07, 6.45) is 7.12. The molecule has 1 aromatic carbocycles. The zero-order chi connectivity index (χ0) is 26.3. The largest absolute Gasteiger partial charge is 0.494 e. The number of nitrogens with one attached hydrogen (secondary N) is 2. The van der Waals surface area contributed by atoms with Crippen LogP contribution in [-0.4, -0.2) is 40.0 Å². The molecular weight excluding hydrogens is 512 g/mol. The summed E-state index contributed by atoms with van der Waals surface area (Å²) in [7, 11) is 0. The first-order valence-electron chi connectivity index (χ1n) is 12.4. The van der Waals surface area contributed by atoms with Crippen molar-refractivity contribution in [3.8, 4) is 5.75 Å². The predicted octanol–water partition coefficient (Wildman–Crippen LogP) is 5.55. The van der Waals surface area contributed by atoms with Gasteiger partial charge in [0.1, 0.15) is 11.5 Å². The first-order chi connectivity index (χ1) is 17.7. The Kier molecular flexibility index (Phi) is 9.12. The number of hydrogen-bond donors (Lipinski definition) is 3. The van der Waals surface area contributed by atoms with E-state index in [9.17, 15) is 4.79 Å². The number of hydroxylamine groups is 1. The summed E-state index contributed by atoms with van der Waals surface area (Å²) in [5.74, 6) is 2.73. The van der Waals surface area contributed by atoms with Crippen LogP contribution in [0.25, 0.3) is 0 Å². The van der Waals surface area contributed by atoms with E-state index in [0.29, 0.717) is 31.8 Å². The van der Waals surface area contributed by atoms with Crippen LogP contribution >= 0.6 is 23.1 Å². The van der Waals surface area contributed by atoms with Crippen LogP contribution in [0.3, 0.4) is 0 Å². The molecule has 3 heterocycles. The molecule has 3 aromatic rings. The molecule has 9 nitrogen and oxygen atoms in total. The number of aromatic nitrogens is 2. The summed E-state index contributed by atoms with van der Waals surface area (Å²) in [4.78, 5) is 20.0. The highest BCUT2D eigenvalue weighted by atomic mass is 32.2. The summed E-state index contributed by atoms with van der Waals surface area (Å²) >= 11 is 3.25. The molecule has 1 saturated heterocycles. The molecule has 1 fully saturated rings. The predicted molar refractivity (Wildman–Crippen MR) is 143 cm³/mol. The maximum atomic E-state index is 11.0. The molecule has 0 spiro atoms. The second-order valence-corrected chi connectivity index (χ2v) is 12.4. The van der Waals surface area contributed by atoms with E-state index >= 15 is 0 Å². The molecule has 1 amide bonds. The minimum absolute atomic E-state index is 0.0522. The maximum absolute atomic E-state index is 11.0. The maximum Gasteiger partial charge on any atom is 0.243 e. The zero-order valence-electron chi connectivity index (χ0n) is 21.4. The number of carbonyl (C=O) groups is 1.